The molecule has 150 valence electrons. The van der Waals surface area contributed by atoms with Crippen LogP contribution in [0.1, 0.15) is 43.6 Å². The molecule has 1 aliphatic heterocycles. The van der Waals surface area contributed by atoms with E-state index in [1.807, 2.05) is 0 Å². The Kier molecular flexibility index (Phi) is 5.92. The molecule has 2 aromatic carbocycles. The number of carbonyl (C=O) groups is 4. The van der Waals surface area contributed by atoms with Gasteiger partial charge in [-0.05, 0) is 36.8 Å². The molecule has 3 rings (SSSR count). The Morgan fingerprint density at radius 3 is 2.24 bits per heavy atom. The van der Waals surface area contributed by atoms with Crippen molar-refractivity contribution in [2.75, 3.05) is 20.3 Å². The lowest BCUT2D eigenvalue weighted by Crippen LogP contribution is -2.29. The first-order valence-corrected chi connectivity index (χ1v) is 8.91. The minimum atomic E-state index is -0.775. The number of esters is 2. The van der Waals surface area contributed by atoms with E-state index < -0.39 is 30.4 Å². The normalized spacial score (nSPS) is 12.6. The van der Waals surface area contributed by atoms with Gasteiger partial charge in [0.15, 0.2) is 6.61 Å². The van der Waals surface area contributed by atoms with Crippen LogP contribution in [0.15, 0.2) is 42.5 Å². The van der Waals surface area contributed by atoms with Crippen molar-refractivity contribution in [1.82, 2.24) is 4.90 Å². The third-order valence-electron chi connectivity index (χ3n) is 4.33. The number of nitrogens with zero attached hydrogens (tertiary/aromatic N) is 1. The summed E-state index contributed by atoms with van der Waals surface area (Å²) in [6.45, 7) is 1.52. The number of fused-ring (bicyclic) bond motifs is 1. The third kappa shape index (κ3) is 4.11. The van der Waals surface area contributed by atoms with Gasteiger partial charge in [0.2, 0.25) is 0 Å². The number of rotatable bonds is 7. The Morgan fingerprint density at radius 2 is 1.66 bits per heavy atom. The van der Waals surface area contributed by atoms with Gasteiger partial charge < -0.3 is 14.2 Å². The Hall–Kier alpha value is -3.68. The van der Waals surface area contributed by atoms with Gasteiger partial charge in [-0.1, -0.05) is 18.2 Å². The lowest BCUT2D eigenvalue weighted by atomic mass is 10.1. The van der Waals surface area contributed by atoms with Crippen LogP contribution in [-0.2, 0) is 20.8 Å². The SMILES string of the molecule is CCOc1ccc(CN2C(=O)c3ccccc3C2=O)cc1C(=O)OCC(=O)OC. The number of imide groups is 1. The van der Waals surface area contributed by atoms with Gasteiger partial charge in [0.1, 0.15) is 11.3 Å². The fourth-order valence-electron chi connectivity index (χ4n) is 2.94. The fraction of sp³-hybridized carbons (Fsp3) is 0.238. The molecule has 1 heterocycles. The van der Waals surface area contributed by atoms with Crippen molar-refractivity contribution in [3.8, 4) is 5.75 Å². The molecule has 8 nitrogen and oxygen atoms in total. The molecule has 0 aromatic heterocycles. The molecule has 0 aliphatic carbocycles. The molecular weight excluding hydrogens is 378 g/mol. The average molecular weight is 397 g/mol. The van der Waals surface area contributed by atoms with Crippen molar-refractivity contribution in [2.24, 2.45) is 0 Å². The van der Waals surface area contributed by atoms with Crippen LogP contribution in [0, 0.1) is 0 Å². The predicted molar refractivity (Wildman–Crippen MR) is 101 cm³/mol. The average Bonchev–Trinajstić information content (AvgIpc) is 2.98. The van der Waals surface area contributed by atoms with E-state index in [-0.39, 0.29) is 17.9 Å². The zero-order valence-corrected chi connectivity index (χ0v) is 16.0. The van der Waals surface area contributed by atoms with Gasteiger partial charge >= 0.3 is 11.9 Å². The summed E-state index contributed by atoms with van der Waals surface area (Å²) >= 11 is 0. The second kappa shape index (κ2) is 8.55. The van der Waals surface area contributed by atoms with Crippen LogP contribution in [0.4, 0.5) is 0 Å². The molecule has 0 unspecified atom stereocenters. The lowest BCUT2D eigenvalue weighted by Gasteiger charge is -2.16. The number of carbonyl (C=O) groups excluding carboxylic acids is 4. The van der Waals surface area contributed by atoms with Gasteiger partial charge in [-0.25, -0.2) is 9.59 Å². The highest BCUT2D eigenvalue weighted by atomic mass is 16.6. The van der Waals surface area contributed by atoms with Crippen molar-refractivity contribution in [2.45, 2.75) is 13.5 Å². The first-order valence-electron chi connectivity index (χ1n) is 8.91. The van der Waals surface area contributed by atoms with Gasteiger partial charge in [0.05, 0.1) is 31.4 Å². The summed E-state index contributed by atoms with van der Waals surface area (Å²) in [5, 5.41) is 0. The predicted octanol–water partition coefficient (Wildman–Crippen LogP) is 2.21. The molecule has 0 radical (unpaired) electrons. The van der Waals surface area contributed by atoms with Crippen LogP contribution in [0.3, 0.4) is 0 Å². The Bertz CT molecular complexity index is 948. The summed E-state index contributed by atoms with van der Waals surface area (Å²) in [4.78, 5) is 49.8. The molecule has 0 bridgehead atoms. The topological polar surface area (TPSA) is 99.2 Å². The standard InChI is InChI=1S/C21H19NO7/c1-3-28-17-9-8-13(10-16(17)21(26)29-12-18(23)27-2)11-22-19(24)14-6-4-5-7-15(14)20(22)25/h4-10H,3,11-12H2,1-2H3. The van der Waals surface area contributed by atoms with E-state index in [0.717, 1.165) is 4.90 Å². The molecule has 2 aromatic rings. The van der Waals surface area contributed by atoms with Crippen molar-refractivity contribution in [1.29, 1.82) is 0 Å². The Labute approximate surface area is 167 Å². The molecule has 0 spiro atoms. The van der Waals surface area contributed by atoms with E-state index in [1.54, 1.807) is 43.3 Å². The zero-order valence-electron chi connectivity index (χ0n) is 16.0. The number of hydrogen-bond donors (Lipinski definition) is 0. The minimum Gasteiger partial charge on any atom is -0.493 e. The maximum atomic E-state index is 12.5. The van der Waals surface area contributed by atoms with Crippen molar-refractivity contribution in [3.05, 3.63) is 64.7 Å². The van der Waals surface area contributed by atoms with Gasteiger partial charge in [0, 0.05) is 0 Å². The van der Waals surface area contributed by atoms with Crippen LogP contribution >= 0.6 is 0 Å². The molecule has 0 saturated carbocycles. The number of ether oxygens (including phenoxy) is 3. The molecule has 8 heteroatoms. The van der Waals surface area contributed by atoms with E-state index in [9.17, 15) is 19.2 Å². The molecule has 0 atom stereocenters. The largest absolute Gasteiger partial charge is 0.493 e. The van der Waals surface area contributed by atoms with Gasteiger partial charge in [-0.3, -0.25) is 14.5 Å². The smallest absolute Gasteiger partial charge is 0.344 e. The number of hydrogen-bond acceptors (Lipinski definition) is 7. The quantitative estimate of drug-likeness (QED) is 0.522. The van der Waals surface area contributed by atoms with E-state index in [2.05, 4.69) is 4.74 Å². The highest BCUT2D eigenvalue weighted by Crippen LogP contribution is 2.27. The van der Waals surface area contributed by atoms with E-state index in [0.29, 0.717) is 23.3 Å². The summed E-state index contributed by atoms with van der Waals surface area (Å²) in [6, 6.07) is 11.3. The van der Waals surface area contributed by atoms with Crippen molar-refractivity contribution in [3.63, 3.8) is 0 Å². The molecule has 0 saturated heterocycles. The van der Waals surface area contributed by atoms with Crippen LogP contribution in [-0.4, -0.2) is 49.0 Å². The maximum Gasteiger partial charge on any atom is 0.344 e. The first kappa shape index (κ1) is 20.1. The van der Waals surface area contributed by atoms with Crippen molar-refractivity contribution < 1.29 is 33.4 Å². The van der Waals surface area contributed by atoms with E-state index in [4.69, 9.17) is 9.47 Å². The highest BCUT2D eigenvalue weighted by Gasteiger charge is 2.35. The van der Waals surface area contributed by atoms with Gasteiger partial charge in [-0.2, -0.15) is 0 Å². The Morgan fingerprint density at radius 1 is 1.00 bits per heavy atom. The van der Waals surface area contributed by atoms with Crippen LogP contribution in [0.5, 0.6) is 5.75 Å². The van der Waals surface area contributed by atoms with E-state index >= 15 is 0 Å². The van der Waals surface area contributed by atoms with Crippen molar-refractivity contribution >= 4 is 23.8 Å². The van der Waals surface area contributed by atoms with Crippen LogP contribution in [0.25, 0.3) is 0 Å². The number of amides is 2. The monoisotopic (exact) mass is 397 g/mol. The van der Waals surface area contributed by atoms with Crippen LogP contribution in [0.2, 0.25) is 0 Å². The third-order valence-corrected chi connectivity index (χ3v) is 4.33. The maximum absolute atomic E-state index is 12.5. The van der Waals surface area contributed by atoms with Gasteiger partial charge in [-0.15, -0.1) is 0 Å². The lowest BCUT2D eigenvalue weighted by molar-refractivity contribution is -0.144. The Balaban J connectivity index is 1.84. The number of benzene rings is 2. The van der Waals surface area contributed by atoms with Crippen LogP contribution < -0.4 is 4.74 Å². The fourth-order valence-corrected chi connectivity index (χ4v) is 2.94. The summed E-state index contributed by atoms with van der Waals surface area (Å²) in [6.07, 6.45) is 0. The molecule has 0 fully saturated rings. The molecule has 2 amide bonds. The minimum absolute atomic E-state index is 0.0178. The van der Waals surface area contributed by atoms with E-state index in [1.165, 1.54) is 13.2 Å². The highest BCUT2D eigenvalue weighted by molar-refractivity contribution is 6.21. The summed E-state index contributed by atoms with van der Waals surface area (Å²) in [7, 11) is 1.19. The molecule has 1 aliphatic rings. The summed E-state index contributed by atoms with van der Waals surface area (Å²) < 4.78 is 14.8. The second-order valence-corrected chi connectivity index (χ2v) is 6.16. The van der Waals surface area contributed by atoms with Gasteiger partial charge in [0.25, 0.3) is 11.8 Å². The molecular formula is C21H19NO7. The first-order chi connectivity index (χ1) is 14.0. The summed E-state index contributed by atoms with van der Waals surface area (Å²) in [5.41, 5.74) is 1.32. The summed E-state index contributed by atoms with van der Waals surface area (Å²) in [5.74, 6) is -1.99. The molecule has 0 N–H and O–H groups in total. The number of methoxy groups -OCH3 is 1. The molecule has 29 heavy (non-hydrogen) atoms. The zero-order chi connectivity index (χ0) is 21.0. The second-order valence-electron chi connectivity index (χ2n) is 6.16.